The lowest BCUT2D eigenvalue weighted by Crippen LogP contribution is -2.78. The zero-order valence-electron chi connectivity index (χ0n) is 10.3. The topological polar surface area (TPSA) is 114 Å². The molecule has 8 nitrogen and oxygen atoms in total. The Labute approximate surface area is 113 Å². The Balaban J connectivity index is 2.39. The van der Waals surface area contributed by atoms with Gasteiger partial charge in [-0.05, 0) is 0 Å². The third-order valence-electron chi connectivity index (χ3n) is 2.95. The van der Waals surface area contributed by atoms with Crippen LogP contribution in [0.5, 0.6) is 0 Å². The Hall–Kier alpha value is -1.58. The van der Waals surface area contributed by atoms with Gasteiger partial charge in [-0.3, -0.25) is 15.4 Å². The third kappa shape index (κ3) is 1.90. The highest BCUT2D eigenvalue weighted by molar-refractivity contribution is 8.00. The number of carboxylic acid groups (broad SMARTS) is 1. The summed E-state index contributed by atoms with van der Waals surface area (Å²) in [4.78, 5) is 28.9. The Kier molecular flexibility index (Phi) is 3.52. The fourth-order valence-electron chi connectivity index (χ4n) is 1.98. The number of thioether (sulfide) groups is 1. The number of aliphatic carboxylic acids is 1. The maximum absolute atomic E-state index is 12.0. The molecule has 0 aromatic rings. The van der Waals surface area contributed by atoms with Crippen molar-refractivity contribution in [3.63, 3.8) is 0 Å². The van der Waals surface area contributed by atoms with Crippen molar-refractivity contribution < 1.29 is 24.3 Å². The van der Waals surface area contributed by atoms with Gasteiger partial charge < -0.3 is 14.7 Å². The molecule has 3 N–H and O–H groups in total. The molecule has 2 aliphatic heterocycles. The summed E-state index contributed by atoms with van der Waals surface area (Å²) in [5.41, 5.74) is 4.60. The van der Waals surface area contributed by atoms with Gasteiger partial charge in [0.05, 0.1) is 6.21 Å². The summed E-state index contributed by atoms with van der Waals surface area (Å²) in [5, 5.41) is 12.2. The van der Waals surface area contributed by atoms with Gasteiger partial charge in [0.15, 0.2) is 0 Å². The van der Waals surface area contributed by atoms with Crippen LogP contribution in [0.3, 0.4) is 0 Å². The molecule has 9 heteroatoms. The van der Waals surface area contributed by atoms with E-state index in [1.165, 1.54) is 32.2 Å². The van der Waals surface area contributed by atoms with Crippen molar-refractivity contribution >= 4 is 29.9 Å². The van der Waals surface area contributed by atoms with E-state index in [-0.39, 0.29) is 5.70 Å². The van der Waals surface area contributed by atoms with Crippen LogP contribution < -0.4 is 5.73 Å². The van der Waals surface area contributed by atoms with Gasteiger partial charge in [-0.1, -0.05) is 5.16 Å². The SMILES string of the molecule is CO/N=C/C1=C(C(=O)O)N2C(=O)[C@](N)(OC)[C@H]2SC1. The fourth-order valence-corrected chi connectivity index (χ4v) is 3.32. The fraction of sp³-hybridized carbons (Fsp3) is 0.500. The van der Waals surface area contributed by atoms with E-state index in [9.17, 15) is 14.7 Å². The van der Waals surface area contributed by atoms with Crippen molar-refractivity contribution in [1.29, 1.82) is 0 Å². The molecule has 19 heavy (non-hydrogen) atoms. The average molecular weight is 287 g/mol. The Morgan fingerprint density at radius 1 is 1.68 bits per heavy atom. The minimum Gasteiger partial charge on any atom is -0.477 e. The van der Waals surface area contributed by atoms with Crippen molar-refractivity contribution in [2.75, 3.05) is 20.0 Å². The lowest BCUT2D eigenvalue weighted by molar-refractivity contribution is -0.182. The number of hydrogen-bond donors (Lipinski definition) is 2. The lowest BCUT2D eigenvalue weighted by atomic mass is 10.00. The molecule has 0 bridgehead atoms. The van der Waals surface area contributed by atoms with Crippen molar-refractivity contribution in [3.05, 3.63) is 11.3 Å². The number of carbonyl (C=O) groups is 2. The maximum Gasteiger partial charge on any atom is 0.353 e. The second kappa shape index (κ2) is 4.83. The predicted molar refractivity (Wildman–Crippen MR) is 67.2 cm³/mol. The van der Waals surface area contributed by atoms with Crippen LogP contribution in [0.4, 0.5) is 0 Å². The van der Waals surface area contributed by atoms with Gasteiger partial charge >= 0.3 is 5.97 Å². The number of fused-ring (bicyclic) bond motifs is 1. The van der Waals surface area contributed by atoms with Crippen molar-refractivity contribution in [1.82, 2.24) is 4.90 Å². The number of rotatable bonds is 4. The van der Waals surface area contributed by atoms with Crippen LogP contribution in [0.25, 0.3) is 0 Å². The number of hydrogen-bond acceptors (Lipinski definition) is 7. The van der Waals surface area contributed by atoms with E-state index in [1.54, 1.807) is 0 Å². The number of nitrogens with zero attached hydrogens (tertiary/aromatic N) is 2. The van der Waals surface area contributed by atoms with Crippen LogP contribution in [0, 0.1) is 0 Å². The quantitative estimate of drug-likeness (QED) is 0.300. The van der Waals surface area contributed by atoms with Gasteiger partial charge in [-0.15, -0.1) is 11.8 Å². The normalized spacial score (nSPS) is 30.4. The summed E-state index contributed by atoms with van der Waals surface area (Å²) in [6.07, 6.45) is 1.28. The lowest BCUT2D eigenvalue weighted by Gasteiger charge is -2.53. The summed E-state index contributed by atoms with van der Waals surface area (Å²) in [6, 6.07) is 0. The molecule has 1 saturated heterocycles. The van der Waals surface area contributed by atoms with E-state index in [2.05, 4.69) is 9.99 Å². The van der Waals surface area contributed by atoms with Crippen LogP contribution in [0.1, 0.15) is 0 Å². The molecule has 0 aliphatic carbocycles. The second-order valence-electron chi connectivity index (χ2n) is 3.93. The number of oxime groups is 1. The van der Waals surface area contributed by atoms with Gasteiger partial charge in [0.2, 0.25) is 5.72 Å². The molecule has 104 valence electrons. The first-order valence-electron chi connectivity index (χ1n) is 5.29. The summed E-state index contributed by atoms with van der Waals surface area (Å²) >= 11 is 1.32. The van der Waals surface area contributed by atoms with Gasteiger partial charge in [-0.2, -0.15) is 0 Å². The van der Waals surface area contributed by atoms with Crippen molar-refractivity contribution in [2.24, 2.45) is 10.9 Å². The van der Waals surface area contributed by atoms with Gasteiger partial charge in [0.25, 0.3) is 5.91 Å². The van der Waals surface area contributed by atoms with Gasteiger partial charge in [0.1, 0.15) is 18.2 Å². The highest BCUT2D eigenvalue weighted by Crippen LogP contribution is 2.44. The zero-order valence-corrected chi connectivity index (χ0v) is 11.1. The molecule has 0 unspecified atom stereocenters. The molecule has 0 saturated carbocycles. The van der Waals surface area contributed by atoms with E-state index < -0.39 is 23.0 Å². The molecule has 2 atom stereocenters. The smallest absolute Gasteiger partial charge is 0.353 e. The molecule has 1 amide bonds. The molecule has 0 aromatic heterocycles. The first-order valence-corrected chi connectivity index (χ1v) is 6.34. The van der Waals surface area contributed by atoms with E-state index in [4.69, 9.17) is 10.5 Å². The van der Waals surface area contributed by atoms with Crippen LogP contribution in [0.2, 0.25) is 0 Å². The molecule has 2 rings (SSSR count). The molecule has 0 spiro atoms. The molecular formula is C10H13N3O5S. The van der Waals surface area contributed by atoms with E-state index in [1.807, 2.05) is 0 Å². The number of methoxy groups -OCH3 is 1. The molecular weight excluding hydrogens is 274 g/mol. The highest BCUT2D eigenvalue weighted by atomic mass is 32.2. The van der Waals surface area contributed by atoms with E-state index in [0.717, 1.165) is 4.90 Å². The number of nitrogens with two attached hydrogens (primary N) is 1. The first kappa shape index (κ1) is 13.8. The van der Waals surface area contributed by atoms with Gasteiger partial charge in [0, 0.05) is 18.4 Å². The van der Waals surface area contributed by atoms with Crippen LogP contribution in [0.15, 0.2) is 16.4 Å². The molecule has 2 heterocycles. The zero-order chi connectivity index (χ0) is 14.2. The second-order valence-corrected chi connectivity index (χ2v) is 5.00. The monoisotopic (exact) mass is 287 g/mol. The standard InChI is InChI=1S/C10H13N3O5S/c1-17-10(11)8(16)13-6(7(14)15)5(3-12-18-2)4-19-9(10)13/h3,9H,4,11H2,1-2H3,(H,14,15)/b12-3+/t9-,10+/m1/s1. The average Bonchev–Trinajstić information content (AvgIpc) is 2.42. The number of amides is 1. The molecule has 2 aliphatic rings. The predicted octanol–water partition coefficient (Wildman–Crippen LogP) is -0.826. The summed E-state index contributed by atoms with van der Waals surface area (Å²) < 4.78 is 4.99. The van der Waals surface area contributed by atoms with Crippen molar-refractivity contribution in [2.45, 2.75) is 11.1 Å². The molecule has 1 fully saturated rings. The number of carboxylic acids is 1. The maximum atomic E-state index is 12.0. The first-order chi connectivity index (χ1) is 8.97. The van der Waals surface area contributed by atoms with Crippen LogP contribution in [-0.2, 0) is 19.2 Å². The highest BCUT2D eigenvalue weighted by Gasteiger charge is 2.63. The summed E-state index contributed by atoms with van der Waals surface area (Å²) in [7, 11) is 2.67. The number of carbonyl (C=O) groups excluding carboxylic acids is 1. The number of β-lactam (4-membered cyclic amide) rings is 1. The van der Waals surface area contributed by atoms with E-state index in [0.29, 0.717) is 11.3 Å². The summed E-state index contributed by atoms with van der Waals surface area (Å²) in [6.45, 7) is 0. The van der Waals surface area contributed by atoms with Gasteiger partial charge in [-0.25, -0.2) is 4.79 Å². The number of ether oxygens (including phenoxy) is 1. The molecule has 0 radical (unpaired) electrons. The Morgan fingerprint density at radius 2 is 2.37 bits per heavy atom. The van der Waals surface area contributed by atoms with E-state index >= 15 is 0 Å². The molecule has 0 aromatic carbocycles. The Morgan fingerprint density at radius 3 is 2.89 bits per heavy atom. The summed E-state index contributed by atoms with van der Waals surface area (Å²) in [5.74, 6) is -1.44. The minimum absolute atomic E-state index is 0.132. The van der Waals surface area contributed by atoms with Crippen LogP contribution >= 0.6 is 11.8 Å². The largest absolute Gasteiger partial charge is 0.477 e. The van der Waals surface area contributed by atoms with Crippen LogP contribution in [-0.4, -0.2) is 59.2 Å². The third-order valence-corrected chi connectivity index (χ3v) is 4.30. The minimum atomic E-state index is -1.46. The van der Waals surface area contributed by atoms with Crippen molar-refractivity contribution in [3.8, 4) is 0 Å². The Bertz CT molecular complexity index is 492.